The molecule has 0 bridgehead atoms. The van der Waals surface area contributed by atoms with E-state index in [1.807, 2.05) is 42.5 Å². The number of nitrogens with two attached hydrogens (primary N) is 2. The van der Waals surface area contributed by atoms with Crippen molar-refractivity contribution < 1.29 is 9.53 Å². The van der Waals surface area contributed by atoms with E-state index in [9.17, 15) is 4.79 Å². The normalized spacial score (nSPS) is 10.7. The Balaban J connectivity index is 1.68. The third-order valence-corrected chi connectivity index (χ3v) is 3.63. The number of carbonyl (C=O) groups is 1. The summed E-state index contributed by atoms with van der Waals surface area (Å²) >= 11 is 0. The number of allylic oxidation sites excluding steroid dienone is 1. The smallest absolute Gasteiger partial charge is 0.185 e. The highest BCUT2D eigenvalue weighted by Gasteiger charge is 2.03. The molecular weight excluding hydrogens is 312 g/mol. The van der Waals surface area contributed by atoms with E-state index in [2.05, 4.69) is 0 Å². The van der Waals surface area contributed by atoms with E-state index < -0.39 is 0 Å². The summed E-state index contributed by atoms with van der Waals surface area (Å²) in [5, 5.41) is 0. The Hall–Kier alpha value is -3.53. The second kappa shape index (κ2) is 7.36. The summed E-state index contributed by atoms with van der Waals surface area (Å²) in [7, 11) is 0. The van der Waals surface area contributed by atoms with Gasteiger partial charge in [-0.3, -0.25) is 4.79 Å². The Morgan fingerprint density at radius 1 is 0.880 bits per heavy atom. The molecule has 0 aliphatic carbocycles. The number of ketones is 1. The molecular formula is C21H18N2O2. The molecule has 0 aliphatic rings. The monoisotopic (exact) mass is 330 g/mol. The Bertz CT molecular complexity index is 901. The first-order chi connectivity index (χ1) is 12.1. The van der Waals surface area contributed by atoms with Crippen molar-refractivity contribution in [1.29, 1.82) is 0 Å². The van der Waals surface area contributed by atoms with Crippen LogP contribution in [-0.4, -0.2) is 5.78 Å². The zero-order valence-corrected chi connectivity index (χ0v) is 13.6. The minimum atomic E-state index is -0.0319. The number of nitrogen functional groups attached to an aromatic ring is 2. The summed E-state index contributed by atoms with van der Waals surface area (Å²) in [6.45, 7) is 0. The summed E-state index contributed by atoms with van der Waals surface area (Å²) in [5.74, 6) is 1.18. The van der Waals surface area contributed by atoms with Gasteiger partial charge in [0.2, 0.25) is 0 Å². The van der Waals surface area contributed by atoms with Gasteiger partial charge in [0.15, 0.2) is 5.78 Å². The van der Waals surface area contributed by atoms with Gasteiger partial charge in [-0.15, -0.1) is 0 Å². The molecule has 0 aliphatic heterocycles. The molecule has 3 rings (SSSR count). The molecule has 0 heterocycles. The van der Waals surface area contributed by atoms with E-state index >= 15 is 0 Å². The van der Waals surface area contributed by atoms with Crippen molar-refractivity contribution in [3.8, 4) is 11.5 Å². The van der Waals surface area contributed by atoms with Crippen molar-refractivity contribution in [2.24, 2.45) is 0 Å². The lowest BCUT2D eigenvalue weighted by Crippen LogP contribution is -1.94. The number of ether oxygens (including phenoxy) is 1. The molecule has 25 heavy (non-hydrogen) atoms. The quantitative estimate of drug-likeness (QED) is 0.409. The maximum absolute atomic E-state index is 12.1. The van der Waals surface area contributed by atoms with Crippen LogP contribution < -0.4 is 16.2 Å². The molecule has 4 heteroatoms. The first kappa shape index (κ1) is 16.3. The van der Waals surface area contributed by atoms with E-state index in [4.69, 9.17) is 16.2 Å². The second-order valence-electron chi connectivity index (χ2n) is 5.53. The van der Waals surface area contributed by atoms with Gasteiger partial charge in [-0.05, 0) is 42.0 Å². The van der Waals surface area contributed by atoms with Crippen LogP contribution in [0.5, 0.6) is 11.5 Å². The van der Waals surface area contributed by atoms with Gasteiger partial charge in [-0.2, -0.15) is 0 Å². The highest BCUT2D eigenvalue weighted by molar-refractivity contribution is 6.06. The average Bonchev–Trinajstić information content (AvgIpc) is 2.64. The van der Waals surface area contributed by atoms with Crippen LogP contribution >= 0.6 is 0 Å². The van der Waals surface area contributed by atoms with E-state index in [1.165, 1.54) is 0 Å². The largest absolute Gasteiger partial charge is 0.455 e. The van der Waals surface area contributed by atoms with Gasteiger partial charge in [0.05, 0.1) is 5.69 Å². The molecule has 0 amide bonds. The lowest BCUT2D eigenvalue weighted by atomic mass is 10.1. The fraction of sp³-hybridized carbons (Fsp3) is 0. The lowest BCUT2D eigenvalue weighted by molar-refractivity contribution is 0.104. The predicted molar refractivity (Wildman–Crippen MR) is 102 cm³/mol. The maximum atomic E-state index is 12.1. The number of anilines is 2. The predicted octanol–water partition coefficient (Wildman–Crippen LogP) is 4.54. The van der Waals surface area contributed by atoms with E-state index in [1.54, 1.807) is 42.5 Å². The molecule has 0 radical (unpaired) electrons. The lowest BCUT2D eigenvalue weighted by Gasteiger charge is -2.09. The molecule has 3 aromatic carbocycles. The Morgan fingerprint density at radius 2 is 1.60 bits per heavy atom. The highest BCUT2D eigenvalue weighted by Crippen LogP contribution is 2.29. The Kier molecular flexibility index (Phi) is 4.81. The van der Waals surface area contributed by atoms with Gasteiger partial charge in [0.1, 0.15) is 11.5 Å². The molecule has 0 aromatic heterocycles. The van der Waals surface area contributed by atoms with Crippen LogP contribution in [0.15, 0.2) is 78.9 Å². The van der Waals surface area contributed by atoms with Crippen molar-refractivity contribution in [2.45, 2.75) is 0 Å². The summed E-state index contributed by atoms with van der Waals surface area (Å²) in [6.07, 6.45) is 3.33. The summed E-state index contributed by atoms with van der Waals surface area (Å²) in [4.78, 5) is 12.1. The van der Waals surface area contributed by atoms with Crippen LogP contribution in [0.4, 0.5) is 11.4 Å². The number of hydrogen-bond acceptors (Lipinski definition) is 4. The number of benzene rings is 3. The van der Waals surface area contributed by atoms with Crippen LogP contribution in [0.1, 0.15) is 15.9 Å². The minimum Gasteiger partial charge on any atom is -0.455 e. The van der Waals surface area contributed by atoms with Crippen molar-refractivity contribution in [3.63, 3.8) is 0 Å². The Morgan fingerprint density at radius 3 is 2.28 bits per heavy atom. The van der Waals surface area contributed by atoms with Gasteiger partial charge < -0.3 is 16.2 Å². The van der Waals surface area contributed by atoms with Gasteiger partial charge in [0.25, 0.3) is 0 Å². The molecule has 0 saturated heterocycles. The molecule has 0 saturated carbocycles. The van der Waals surface area contributed by atoms with E-state index in [-0.39, 0.29) is 5.78 Å². The standard InChI is InChI=1S/C21H18N2O2/c22-17-9-13-21(19(23)14-17)25-18-10-6-15(7-11-18)8-12-20(24)16-4-2-1-3-5-16/h1-14H,22-23H2/b12-8+. The second-order valence-corrected chi connectivity index (χ2v) is 5.53. The zero-order chi connectivity index (χ0) is 17.6. The van der Waals surface area contributed by atoms with Crippen LogP contribution in [0.3, 0.4) is 0 Å². The third kappa shape index (κ3) is 4.26. The van der Waals surface area contributed by atoms with E-state index in [0.717, 1.165) is 5.56 Å². The molecule has 4 N–H and O–H groups in total. The molecule has 3 aromatic rings. The number of rotatable bonds is 5. The topological polar surface area (TPSA) is 78.3 Å². The van der Waals surface area contributed by atoms with Crippen LogP contribution in [-0.2, 0) is 0 Å². The molecule has 0 spiro atoms. The number of carbonyl (C=O) groups excluding carboxylic acids is 1. The van der Waals surface area contributed by atoms with Gasteiger partial charge in [0, 0.05) is 11.3 Å². The summed E-state index contributed by atoms with van der Waals surface area (Å²) < 4.78 is 5.74. The van der Waals surface area contributed by atoms with Crippen molar-refractivity contribution >= 4 is 23.2 Å². The maximum Gasteiger partial charge on any atom is 0.185 e. The van der Waals surface area contributed by atoms with Crippen LogP contribution in [0.25, 0.3) is 6.08 Å². The highest BCUT2D eigenvalue weighted by atomic mass is 16.5. The number of hydrogen-bond donors (Lipinski definition) is 2. The zero-order valence-electron chi connectivity index (χ0n) is 13.6. The fourth-order valence-electron chi connectivity index (χ4n) is 2.30. The molecule has 0 atom stereocenters. The first-order valence-corrected chi connectivity index (χ1v) is 7.82. The molecule has 0 unspecified atom stereocenters. The van der Waals surface area contributed by atoms with Gasteiger partial charge >= 0.3 is 0 Å². The van der Waals surface area contributed by atoms with Crippen LogP contribution in [0.2, 0.25) is 0 Å². The molecule has 124 valence electrons. The molecule has 0 fully saturated rings. The minimum absolute atomic E-state index is 0.0319. The summed E-state index contributed by atoms with van der Waals surface area (Å²) in [5.41, 5.74) is 14.2. The van der Waals surface area contributed by atoms with Gasteiger partial charge in [-0.1, -0.05) is 48.5 Å². The summed E-state index contributed by atoms with van der Waals surface area (Å²) in [6, 6.07) is 21.7. The van der Waals surface area contributed by atoms with Crippen molar-refractivity contribution in [2.75, 3.05) is 11.5 Å². The fourth-order valence-corrected chi connectivity index (χ4v) is 2.30. The van der Waals surface area contributed by atoms with Crippen LogP contribution in [0, 0.1) is 0 Å². The van der Waals surface area contributed by atoms with Gasteiger partial charge in [-0.25, -0.2) is 0 Å². The third-order valence-electron chi connectivity index (χ3n) is 3.63. The molecule has 4 nitrogen and oxygen atoms in total. The SMILES string of the molecule is Nc1ccc(Oc2ccc(/C=C/C(=O)c3ccccc3)cc2)c(N)c1. The first-order valence-electron chi connectivity index (χ1n) is 7.82. The Labute approximate surface area is 146 Å². The average molecular weight is 330 g/mol. The van der Waals surface area contributed by atoms with Crippen molar-refractivity contribution in [3.05, 3.63) is 90.0 Å². The van der Waals surface area contributed by atoms with E-state index in [0.29, 0.717) is 28.4 Å². The van der Waals surface area contributed by atoms with Crippen molar-refractivity contribution in [1.82, 2.24) is 0 Å².